The van der Waals surface area contributed by atoms with Crippen LogP contribution >= 0.6 is 0 Å². The minimum Gasteiger partial charge on any atom is -0.494 e. The van der Waals surface area contributed by atoms with Crippen molar-refractivity contribution in [1.82, 2.24) is 4.98 Å². The molecule has 0 aliphatic heterocycles. The highest BCUT2D eigenvalue weighted by Gasteiger charge is 2.27. The van der Waals surface area contributed by atoms with Crippen molar-refractivity contribution in [1.29, 1.82) is 0 Å². The lowest BCUT2D eigenvalue weighted by atomic mass is 10.0. The molecule has 0 aliphatic carbocycles. The van der Waals surface area contributed by atoms with Gasteiger partial charge in [0.05, 0.1) is 38.1 Å². The Kier molecular flexibility index (Phi) is 7.90. The number of hydrogen-bond donors (Lipinski definition) is 1. The molecule has 0 aliphatic rings. The summed E-state index contributed by atoms with van der Waals surface area (Å²) >= 11 is 0. The van der Waals surface area contributed by atoms with Gasteiger partial charge in [-0.05, 0) is 69.2 Å². The van der Waals surface area contributed by atoms with Gasteiger partial charge in [0.15, 0.2) is 11.5 Å². The van der Waals surface area contributed by atoms with Gasteiger partial charge in [-0.25, -0.2) is 4.79 Å². The Morgan fingerprint density at radius 1 is 0.921 bits per heavy atom. The quantitative estimate of drug-likeness (QED) is 0.249. The molecule has 198 valence electrons. The van der Waals surface area contributed by atoms with Crippen molar-refractivity contribution in [3.63, 3.8) is 0 Å². The van der Waals surface area contributed by atoms with Crippen molar-refractivity contribution in [3.05, 3.63) is 77.5 Å². The zero-order chi connectivity index (χ0) is 27.4. The van der Waals surface area contributed by atoms with Crippen molar-refractivity contribution >= 4 is 22.7 Å². The van der Waals surface area contributed by atoms with Crippen molar-refractivity contribution in [3.8, 4) is 28.7 Å². The standard InChI is InChI=1S/C30H32N2O6/c1-7-37-26-11-9-8-10-21(26)20(4)32(30(33)34)24-12-13-25(19(3)18(24)2)38-27-14-15-31-23-17-29(36-6)28(35-5)16-22(23)27/h8-17,20H,7H2,1-6H3,(H,33,34). The summed E-state index contributed by atoms with van der Waals surface area (Å²) in [6, 6.07) is 16.0. The predicted molar refractivity (Wildman–Crippen MR) is 147 cm³/mol. The fraction of sp³-hybridized carbons (Fsp3) is 0.267. The molecule has 0 bridgehead atoms. The number of hydrogen-bond acceptors (Lipinski definition) is 6. The van der Waals surface area contributed by atoms with E-state index in [0.29, 0.717) is 46.6 Å². The van der Waals surface area contributed by atoms with Crippen molar-refractivity contribution < 1.29 is 28.8 Å². The van der Waals surface area contributed by atoms with E-state index in [4.69, 9.17) is 18.9 Å². The first kappa shape index (κ1) is 26.6. The molecule has 0 spiro atoms. The third-order valence-corrected chi connectivity index (χ3v) is 6.66. The Hall–Kier alpha value is -4.46. The fourth-order valence-electron chi connectivity index (χ4n) is 4.54. The van der Waals surface area contributed by atoms with Crippen LogP contribution in [0, 0.1) is 13.8 Å². The van der Waals surface area contributed by atoms with Gasteiger partial charge in [0.1, 0.15) is 17.2 Å². The topological polar surface area (TPSA) is 90.4 Å². The van der Waals surface area contributed by atoms with Crippen LogP contribution in [0.3, 0.4) is 0 Å². The van der Waals surface area contributed by atoms with Crippen molar-refractivity contribution in [2.75, 3.05) is 25.7 Å². The van der Waals surface area contributed by atoms with E-state index in [1.54, 1.807) is 44.7 Å². The van der Waals surface area contributed by atoms with E-state index in [0.717, 1.165) is 22.1 Å². The van der Waals surface area contributed by atoms with Gasteiger partial charge in [0.25, 0.3) is 0 Å². The number of benzene rings is 3. The molecule has 4 aromatic rings. The fourth-order valence-corrected chi connectivity index (χ4v) is 4.54. The summed E-state index contributed by atoms with van der Waals surface area (Å²) in [6.07, 6.45) is 0.616. The van der Waals surface area contributed by atoms with E-state index in [1.807, 2.05) is 58.0 Å². The minimum absolute atomic E-state index is 0.480. The average Bonchev–Trinajstić information content (AvgIpc) is 2.92. The van der Waals surface area contributed by atoms with Crippen LogP contribution in [0.5, 0.6) is 28.7 Å². The van der Waals surface area contributed by atoms with Crippen LogP contribution in [-0.2, 0) is 0 Å². The zero-order valence-electron chi connectivity index (χ0n) is 22.4. The van der Waals surface area contributed by atoms with Crippen LogP contribution in [0.2, 0.25) is 0 Å². The molecule has 1 aromatic heterocycles. The van der Waals surface area contributed by atoms with E-state index in [2.05, 4.69) is 4.98 Å². The molecule has 1 amide bonds. The van der Waals surface area contributed by atoms with Gasteiger partial charge in [0, 0.05) is 23.2 Å². The SMILES string of the molecule is CCOc1ccccc1C(C)N(C(=O)O)c1ccc(Oc2ccnc3cc(OC)c(OC)cc23)c(C)c1C. The summed E-state index contributed by atoms with van der Waals surface area (Å²) in [5.74, 6) is 3.02. The summed E-state index contributed by atoms with van der Waals surface area (Å²) in [6.45, 7) is 8.06. The molecule has 1 unspecified atom stereocenters. The first-order chi connectivity index (χ1) is 18.3. The van der Waals surface area contributed by atoms with E-state index in [-0.39, 0.29) is 0 Å². The molecule has 0 saturated carbocycles. The molecule has 3 aromatic carbocycles. The summed E-state index contributed by atoms with van der Waals surface area (Å²) < 4.78 is 23.0. The molecule has 0 fully saturated rings. The number of rotatable bonds is 9. The number of nitrogens with zero attached hydrogens (tertiary/aromatic N) is 2. The summed E-state index contributed by atoms with van der Waals surface area (Å²) in [5.41, 5.74) is 3.69. The van der Waals surface area contributed by atoms with E-state index < -0.39 is 12.1 Å². The second-order valence-corrected chi connectivity index (χ2v) is 8.77. The second-order valence-electron chi connectivity index (χ2n) is 8.77. The lowest BCUT2D eigenvalue weighted by molar-refractivity contribution is 0.199. The second kappa shape index (κ2) is 11.3. The third-order valence-electron chi connectivity index (χ3n) is 6.66. The average molecular weight is 517 g/mol. The van der Waals surface area contributed by atoms with Crippen LogP contribution in [-0.4, -0.2) is 37.0 Å². The molecule has 4 rings (SSSR count). The molecule has 1 heterocycles. The molecule has 0 radical (unpaired) electrons. The van der Waals surface area contributed by atoms with Gasteiger partial charge in [-0.2, -0.15) is 0 Å². The molecule has 1 atom stereocenters. The highest BCUT2D eigenvalue weighted by molar-refractivity contribution is 5.90. The van der Waals surface area contributed by atoms with Crippen molar-refractivity contribution in [2.45, 2.75) is 33.7 Å². The number of pyridine rings is 1. The Labute approximate surface area is 222 Å². The number of ether oxygens (including phenoxy) is 4. The first-order valence-corrected chi connectivity index (χ1v) is 12.3. The van der Waals surface area contributed by atoms with Crippen LogP contribution in [0.4, 0.5) is 10.5 Å². The van der Waals surface area contributed by atoms with Gasteiger partial charge in [0.2, 0.25) is 0 Å². The number of para-hydroxylation sites is 1. The molecule has 38 heavy (non-hydrogen) atoms. The summed E-state index contributed by atoms with van der Waals surface area (Å²) in [5, 5.41) is 11.0. The van der Waals surface area contributed by atoms with Gasteiger partial charge >= 0.3 is 6.09 Å². The predicted octanol–water partition coefficient (Wildman–Crippen LogP) is 7.31. The molecular formula is C30H32N2O6. The van der Waals surface area contributed by atoms with E-state index in [9.17, 15) is 9.90 Å². The highest BCUT2D eigenvalue weighted by Crippen LogP contribution is 2.41. The maximum Gasteiger partial charge on any atom is 0.412 e. The summed E-state index contributed by atoms with van der Waals surface area (Å²) in [4.78, 5) is 18.3. The Morgan fingerprint density at radius 3 is 2.32 bits per heavy atom. The Balaban J connectivity index is 1.73. The molecule has 1 N–H and O–H groups in total. The van der Waals surface area contributed by atoms with Crippen molar-refractivity contribution in [2.24, 2.45) is 0 Å². The maximum atomic E-state index is 12.5. The summed E-state index contributed by atoms with van der Waals surface area (Å²) in [7, 11) is 3.16. The van der Waals surface area contributed by atoms with Crippen LogP contribution in [0.1, 0.15) is 36.6 Å². The maximum absolute atomic E-state index is 12.5. The first-order valence-electron chi connectivity index (χ1n) is 12.3. The number of amides is 1. The van der Waals surface area contributed by atoms with Crippen LogP contribution < -0.4 is 23.8 Å². The lowest BCUT2D eigenvalue weighted by Gasteiger charge is -2.30. The smallest absolute Gasteiger partial charge is 0.412 e. The number of anilines is 1. The normalized spacial score (nSPS) is 11.6. The Morgan fingerprint density at radius 2 is 1.63 bits per heavy atom. The number of carboxylic acid groups (broad SMARTS) is 1. The third kappa shape index (κ3) is 5.02. The largest absolute Gasteiger partial charge is 0.494 e. The molecule has 8 heteroatoms. The highest BCUT2D eigenvalue weighted by atomic mass is 16.5. The van der Waals surface area contributed by atoms with Gasteiger partial charge in [-0.15, -0.1) is 0 Å². The molecule has 0 saturated heterocycles. The number of carbonyl (C=O) groups is 1. The number of aromatic nitrogens is 1. The van der Waals surface area contributed by atoms with Gasteiger partial charge in [-0.3, -0.25) is 9.88 Å². The van der Waals surface area contributed by atoms with Crippen LogP contribution in [0.25, 0.3) is 10.9 Å². The minimum atomic E-state index is -1.05. The molecular weight excluding hydrogens is 484 g/mol. The number of methoxy groups -OCH3 is 2. The van der Waals surface area contributed by atoms with Gasteiger partial charge in [-0.1, -0.05) is 18.2 Å². The van der Waals surface area contributed by atoms with Gasteiger partial charge < -0.3 is 24.1 Å². The monoisotopic (exact) mass is 516 g/mol. The van der Waals surface area contributed by atoms with E-state index in [1.165, 1.54) is 4.90 Å². The van der Waals surface area contributed by atoms with E-state index >= 15 is 0 Å². The number of fused-ring (bicyclic) bond motifs is 1. The zero-order valence-corrected chi connectivity index (χ0v) is 22.4. The molecule has 8 nitrogen and oxygen atoms in total. The van der Waals surface area contributed by atoms with Crippen LogP contribution in [0.15, 0.2) is 60.8 Å². The Bertz CT molecular complexity index is 1470. The lowest BCUT2D eigenvalue weighted by Crippen LogP contribution is -2.33.